The van der Waals surface area contributed by atoms with Gasteiger partial charge in [-0.05, 0) is 51.5 Å². The molecule has 144 valence electrons. The van der Waals surface area contributed by atoms with Crippen LogP contribution < -0.4 is 10.2 Å². The summed E-state index contributed by atoms with van der Waals surface area (Å²) in [6, 6.07) is 7.67. The van der Waals surface area contributed by atoms with E-state index in [1.54, 1.807) is 17.9 Å². The van der Waals surface area contributed by atoms with E-state index < -0.39 is 0 Å². The van der Waals surface area contributed by atoms with E-state index in [4.69, 9.17) is 4.52 Å². The normalized spacial score (nSPS) is 14.0. The molecule has 0 bridgehead atoms. The maximum Gasteiger partial charge on any atom is 0.276 e. The lowest BCUT2D eigenvalue weighted by Gasteiger charge is -2.37. The molecule has 2 aromatic rings. The Labute approximate surface area is 159 Å². The van der Waals surface area contributed by atoms with E-state index >= 15 is 0 Å². The fourth-order valence-electron chi connectivity index (χ4n) is 3.25. The van der Waals surface area contributed by atoms with Crippen molar-refractivity contribution in [1.29, 1.82) is 0 Å². The number of aryl methyl sites for hydroxylation is 2. The van der Waals surface area contributed by atoms with Crippen LogP contribution in [0.1, 0.15) is 35.7 Å². The van der Waals surface area contributed by atoms with Crippen LogP contribution >= 0.6 is 0 Å². The minimum absolute atomic E-state index is 0.0610. The molecule has 2 heterocycles. The third kappa shape index (κ3) is 3.97. The van der Waals surface area contributed by atoms with Gasteiger partial charge in [-0.15, -0.1) is 0 Å². The van der Waals surface area contributed by atoms with Crippen LogP contribution in [0.3, 0.4) is 0 Å². The Morgan fingerprint density at radius 2 is 1.93 bits per heavy atom. The molecule has 0 saturated carbocycles. The van der Waals surface area contributed by atoms with Gasteiger partial charge in [-0.1, -0.05) is 5.16 Å². The number of amides is 2. The van der Waals surface area contributed by atoms with Crippen molar-refractivity contribution < 1.29 is 14.1 Å². The van der Waals surface area contributed by atoms with Gasteiger partial charge in [0, 0.05) is 43.6 Å². The molecule has 1 N–H and O–H groups in total. The summed E-state index contributed by atoms with van der Waals surface area (Å²) in [5.74, 6) is 0.130. The Kier molecular flexibility index (Phi) is 5.48. The summed E-state index contributed by atoms with van der Waals surface area (Å²) >= 11 is 0. The van der Waals surface area contributed by atoms with Crippen molar-refractivity contribution in [2.24, 2.45) is 5.92 Å². The predicted molar refractivity (Wildman–Crippen MR) is 104 cm³/mol. The van der Waals surface area contributed by atoms with E-state index in [-0.39, 0.29) is 23.4 Å². The van der Waals surface area contributed by atoms with E-state index in [2.05, 4.69) is 35.3 Å². The molecule has 7 heteroatoms. The summed E-state index contributed by atoms with van der Waals surface area (Å²) in [7, 11) is 0. The van der Waals surface area contributed by atoms with E-state index in [9.17, 15) is 9.59 Å². The van der Waals surface area contributed by atoms with Crippen molar-refractivity contribution >= 4 is 23.2 Å². The molecule has 1 aliphatic rings. The average molecular weight is 370 g/mol. The first-order valence-electron chi connectivity index (χ1n) is 9.32. The Balaban J connectivity index is 1.57. The van der Waals surface area contributed by atoms with Crippen molar-refractivity contribution in [3.05, 3.63) is 41.3 Å². The monoisotopic (exact) mass is 370 g/mol. The number of hydrogen-bond acceptors (Lipinski definition) is 5. The van der Waals surface area contributed by atoms with Crippen LogP contribution in [0.2, 0.25) is 0 Å². The quantitative estimate of drug-likeness (QED) is 0.846. The summed E-state index contributed by atoms with van der Waals surface area (Å²) in [5, 5.41) is 6.72. The second-order valence-electron chi connectivity index (χ2n) is 6.89. The van der Waals surface area contributed by atoms with Gasteiger partial charge in [0.25, 0.3) is 5.91 Å². The highest BCUT2D eigenvalue weighted by molar-refractivity contribution is 5.98. The summed E-state index contributed by atoms with van der Waals surface area (Å²) in [5.41, 5.74) is 3.28. The molecule has 0 atom stereocenters. The fourth-order valence-corrected chi connectivity index (χ4v) is 3.25. The molecular weight excluding hydrogens is 344 g/mol. The van der Waals surface area contributed by atoms with Gasteiger partial charge in [0.2, 0.25) is 5.91 Å². The van der Waals surface area contributed by atoms with Crippen LogP contribution in [-0.4, -0.2) is 48.0 Å². The zero-order chi connectivity index (χ0) is 19.6. The molecule has 7 nitrogen and oxygen atoms in total. The van der Waals surface area contributed by atoms with E-state index in [1.165, 1.54) is 0 Å². The molecule has 0 spiro atoms. The molecule has 1 aromatic carbocycles. The Morgan fingerprint density at radius 3 is 2.48 bits per heavy atom. The molecule has 1 aliphatic heterocycles. The summed E-state index contributed by atoms with van der Waals surface area (Å²) < 4.78 is 4.93. The lowest BCUT2D eigenvalue weighted by Crippen LogP contribution is -2.54. The largest absolute Gasteiger partial charge is 0.372 e. The SMILES string of the molecule is CCN(CC)c1ccc(NC(=O)C2CN(C(=O)c3cc(C)on3)C2)c(C)c1. The topological polar surface area (TPSA) is 78.7 Å². The maximum absolute atomic E-state index is 12.5. The second-order valence-corrected chi connectivity index (χ2v) is 6.89. The van der Waals surface area contributed by atoms with Crippen molar-refractivity contribution in [3.63, 3.8) is 0 Å². The van der Waals surface area contributed by atoms with Crippen LogP contribution in [0.5, 0.6) is 0 Å². The number of likely N-dealkylation sites (tertiary alicyclic amines) is 1. The molecule has 0 unspecified atom stereocenters. The zero-order valence-corrected chi connectivity index (χ0v) is 16.3. The van der Waals surface area contributed by atoms with Gasteiger partial charge in [-0.25, -0.2) is 0 Å². The highest BCUT2D eigenvalue weighted by Crippen LogP contribution is 2.25. The molecule has 1 fully saturated rings. The number of hydrogen-bond donors (Lipinski definition) is 1. The highest BCUT2D eigenvalue weighted by Gasteiger charge is 2.37. The van der Waals surface area contributed by atoms with Gasteiger partial charge in [-0.2, -0.15) is 0 Å². The van der Waals surface area contributed by atoms with Gasteiger partial charge >= 0.3 is 0 Å². The van der Waals surface area contributed by atoms with Crippen molar-refractivity contribution in [3.8, 4) is 0 Å². The molecular formula is C20H26N4O3. The standard InChI is InChI=1S/C20H26N4O3/c1-5-23(6-2)16-7-8-17(13(3)9-16)21-19(25)15-11-24(12-15)20(26)18-10-14(4)27-22-18/h7-10,15H,5-6,11-12H2,1-4H3,(H,21,25). The fraction of sp³-hybridized carbons (Fsp3) is 0.450. The number of carbonyl (C=O) groups excluding carboxylic acids is 2. The number of carbonyl (C=O) groups is 2. The van der Waals surface area contributed by atoms with E-state index in [0.29, 0.717) is 18.8 Å². The Bertz CT molecular complexity index is 836. The lowest BCUT2D eigenvalue weighted by atomic mass is 9.98. The molecule has 1 aromatic heterocycles. The first-order valence-corrected chi connectivity index (χ1v) is 9.32. The first kappa shape index (κ1) is 18.9. The average Bonchev–Trinajstić information content (AvgIpc) is 3.03. The number of aromatic nitrogens is 1. The van der Waals surface area contributed by atoms with Crippen LogP contribution in [0.4, 0.5) is 11.4 Å². The maximum atomic E-state index is 12.5. The van der Waals surface area contributed by atoms with Crippen molar-refractivity contribution in [1.82, 2.24) is 10.1 Å². The Morgan fingerprint density at radius 1 is 1.22 bits per heavy atom. The molecule has 0 aliphatic carbocycles. The van der Waals surface area contributed by atoms with Crippen LogP contribution in [0, 0.1) is 19.8 Å². The smallest absolute Gasteiger partial charge is 0.276 e. The van der Waals surface area contributed by atoms with Crippen LogP contribution in [0.25, 0.3) is 0 Å². The number of benzene rings is 1. The zero-order valence-electron chi connectivity index (χ0n) is 16.3. The third-order valence-corrected chi connectivity index (χ3v) is 4.98. The van der Waals surface area contributed by atoms with Gasteiger partial charge in [0.15, 0.2) is 5.69 Å². The van der Waals surface area contributed by atoms with Gasteiger partial charge in [0.05, 0.1) is 5.92 Å². The summed E-state index contributed by atoms with van der Waals surface area (Å²) in [4.78, 5) is 28.6. The van der Waals surface area contributed by atoms with E-state index in [0.717, 1.165) is 30.0 Å². The highest BCUT2D eigenvalue weighted by atomic mass is 16.5. The van der Waals surface area contributed by atoms with Gasteiger partial charge in [-0.3, -0.25) is 9.59 Å². The van der Waals surface area contributed by atoms with Crippen molar-refractivity contribution in [2.45, 2.75) is 27.7 Å². The predicted octanol–water partition coefficient (Wildman–Crippen LogP) is 2.85. The molecule has 2 amide bonds. The third-order valence-electron chi connectivity index (χ3n) is 4.98. The Hall–Kier alpha value is -2.83. The van der Waals surface area contributed by atoms with Crippen LogP contribution in [-0.2, 0) is 4.79 Å². The molecule has 1 saturated heterocycles. The number of nitrogens with zero attached hydrogens (tertiary/aromatic N) is 3. The number of nitrogens with one attached hydrogen (secondary N) is 1. The van der Waals surface area contributed by atoms with Crippen LogP contribution in [0.15, 0.2) is 28.8 Å². The lowest BCUT2D eigenvalue weighted by molar-refractivity contribution is -0.123. The summed E-state index contributed by atoms with van der Waals surface area (Å²) in [6.45, 7) is 10.7. The number of anilines is 2. The summed E-state index contributed by atoms with van der Waals surface area (Å²) in [6.07, 6.45) is 0. The molecule has 3 rings (SSSR count). The second kappa shape index (κ2) is 7.82. The molecule has 0 radical (unpaired) electrons. The first-order chi connectivity index (χ1) is 12.9. The molecule has 27 heavy (non-hydrogen) atoms. The van der Waals surface area contributed by atoms with Gasteiger partial charge < -0.3 is 19.6 Å². The number of rotatable bonds is 6. The van der Waals surface area contributed by atoms with E-state index in [1.807, 2.05) is 19.1 Å². The van der Waals surface area contributed by atoms with Crippen molar-refractivity contribution in [2.75, 3.05) is 36.4 Å². The minimum atomic E-state index is -0.205. The van der Waals surface area contributed by atoms with Gasteiger partial charge in [0.1, 0.15) is 5.76 Å². The minimum Gasteiger partial charge on any atom is -0.372 e.